The lowest BCUT2D eigenvalue weighted by Crippen LogP contribution is -2.28. The van der Waals surface area contributed by atoms with Gasteiger partial charge in [-0.2, -0.15) is 0 Å². The highest BCUT2D eigenvalue weighted by molar-refractivity contribution is 5.23. The van der Waals surface area contributed by atoms with Crippen molar-refractivity contribution in [3.05, 3.63) is 22.8 Å². The molecule has 81 heavy (non-hydrogen) atoms. The molecule has 20 rings (SSSR count). The quantitative estimate of drug-likeness (QED) is 0.212. The maximum Gasteiger partial charge on any atom is -0.0197 e. The highest BCUT2D eigenvalue weighted by atomic mass is 14.5. The number of hydrogen-bond donors (Lipinski definition) is 0. The van der Waals surface area contributed by atoms with Gasteiger partial charge in [0.2, 0.25) is 0 Å². The van der Waals surface area contributed by atoms with E-state index in [2.05, 4.69) is 6.08 Å². The SMILES string of the molecule is C1=C2CCC2CC1.C1CC2=C(C1)CCC2.C1CC2CC2C1.C1CC2CCC2C1.C1CC2CCCC2C1.C1CCC2CC2C1.C1CCC2CCC2C1.C1CCC2CCCC2C1.C1CCC2CCCCC2C1.C1CCCC2CCCC2CC1. The third kappa shape index (κ3) is 19.5. The fourth-order valence-electron chi connectivity index (χ4n) is 22.4. The first-order valence-corrected chi connectivity index (χ1v) is 39.6. The van der Waals surface area contributed by atoms with Gasteiger partial charge in [0.25, 0.3) is 0 Å². The van der Waals surface area contributed by atoms with E-state index in [0.717, 1.165) is 29.6 Å². The van der Waals surface area contributed by atoms with Crippen LogP contribution in [0, 0.1) is 101 Å². The maximum atomic E-state index is 2.42. The van der Waals surface area contributed by atoms with Gasteiger partial charge in [0, 0.05) is 0 Å². The third-order valence-corrected chi connectivity index (χ3v) is 28.4. The predicted molar refractivity (Wildman–Crippen MR) is 351 cm³/mol. The highest BCUT2D eigenvalue weighted by Gasteiger charge is 2.41. The summed E-state index contributed by atoms with van der Waals surface area (Å²) in [6.07, 6.45) is 94.3. The van der Waals surface area contributed by atoms with E-state index < -0.39 is 0 Å². The molecule has 462 valence electrons. The third-order valence-electron chi connectivity index (χ3n) is 28.4. The molecule has 0 nitrogen and oxygen atoms in total. The van der Waals surface area contributed by atoms with Crippen LogP contribution in [0.25, 0.3) is 0 Å². The molecule has 0 aromatic rings. The van der Waals surface area contributed by atoms with Gasteiger partial charge in [-0.3, -0.25) is 0 Å². The van der Waals surface area contributed by atoms with Crippen LogP contribution in [-0.2, 0) is 0 Å². The zero-order valence-corrected chi connectivity index (χ0v) is 54.3. The van der Waals surface area contributed by atoms with E-state index in [9.17, 15) is 0 Å². The molecule has 0 spiro atoms. The van der Waals surface area contributed by atoms with Gasteiger partial charge >= 0.3 is 0 Å². The first kappa shape index (κ1) is 62.1. The Morgan fingerprint density at radius 3 is 0.593 bits per heavy atom. The molecule has 0 N–H and O–H groups in total. The Kier molecular flexibility index (Phi) is 25.9. The molecule has 0 heterocycles. The van der Waals surface area contributed by atoms with Crippen LogP contribution in [0.5, 0.6) is 0 Å². The van der Waals surface area contributed by atoms with E-state index in [1.807, 2.05) is 11.1 Å². The highest BCUT2D eigenvalue weighted by Crippen LogP contribution is 2.52. The molecule has 0 radical (unpaired) electrons. The standard InChI is InChI=1S/C11H20.C10H18.C9H16.C8H14.C8H12.C8H14.C7H12.C7H10.C7H12.C6H10/c1-2-4-7-11-9-5-8-10(11)6-3-1;1-2-6-10-8-4-3-7-9(10)5-1;1-2-5-9-7-3-6-8(9)4-1;2*1-3-7-5-2-6-8(7)4-1;1-2-4-8-6-5-7(8)3-1;2*1-2-6-4-5-7(6)3-1;1-2-4-7-5-6(7)3-1;1-2-5-4-6(5)3-1/h10-11H,1-9H2;9-10H,1-8H2;8-9H,1-7H2;7-8H,1-6H2;1-6H2;7-8H,1-6H2;6-7H,1-5H2;2,7H,1,3-5H2;6-7H,1-5H2;5-6H,1-4H2. The van der Waals surface area contributed by atoms with Crippen molar-refractivity contribution >= 4 is 0 Å². The van der Waals surface area contributed by atoms with Crippen molar-refractivity contribution in [2.45, 2.75) is 385 Å². The minimum absolute atomic E-state index is 1.06. The molecule has 0 heteroatoms. The van der Waals surface area contributed by atoms with Crippen LogP contribution in [0.2, 0.25) is 0 Å². The molecule has 0 bridgehead atoms. The molecule has 17 fully saturated rings. The topological polar surface area (TPSA) is 0 Å². The molecule has 20 aliphatic rings. The molecule has 13 unspecified atom stereocenters. The second-order valence-corrected chi connectivity index (χ2v) is 33.3. The Labute approximate surface area is 505 Å². The lowest BCUT2D eigenvalue weighted by Gasteiger charge is -2.40. The van der Waals surface area contributed by atoms with Crippen LogP contribution in [-0.4, -0.2) is 0 Å². The molecule has 0 amide bonds. The van der Waals surface area contributed by atoms with Gasteiger partial charge in [0.15, 0.2) is 0 Å². The Bertz CT molecular complexity index is 1670. The van der Waals surface area contributed by atoms with Crippen LogP contribution in [0.1, 0.15) is 385 Å². The Balaban J connectivity index is 0.0000000950. The smallest absolute Gasteiger partial charge is 0.0197 e. The van der Waals surface area contributed by atoms with Crippen LogP contribution in [0.4, 0.5) is 0 Å². The summed E-state index contributed by atoms with van der Waals surface area (Å²) in [6, 6.07) is 0. The summed E-state index contributed by atoms with van der Waals surface area (Å²) in [5, 5.41) is 0. The van der Waals surface area contributed by atoms with E-state index in [-0.39, 0.29) is 0 Å². The molecular weight excluding hydrogens is 973 g/mol. The molecule has 0 aromatic carbocycles. The summed E-state index contributed by atoms with van der Waals surface area (Å²) < 4.78 is 0. The lowest BCUT2D eigenvalue weighted by atomic mass is 9.66. The average Bonchev–Trinajstić information content (AvgIpc) is 4.20. The summed E-state index contributed by atoms with van der Waals surface area (Å²) in [7, 11) is 0. The molecule has 17 saturated carbocycles. The van der Waals surface area contributed by atoms with Gasteiger partial charge in [-0.15, -0.1) is 0 Å². The fourth-order valence-corrected chi connectivity index (χ4v) is 22.4. The summed E-state index contributed by atoms with van der Waals surface area (Å²) >= 11 is 0. The predicted octanol–water partition coefficient (Wildman–Crippen LogP) is 26.2. The average molecular weight is 1110 g/mol. The van der Waals surface area contributed by atoms with Crippen LogP contribution < -0.4 is 0 Å². The molecule has 0 saturated heterocycles. The summed E-state index contributed by atoms with van der Waals surface area (Å²) in [5.41, 5.74) is 5.41. The van der Waals surface area contributed by atoms with E-state index in [0.29, 0.717) is 0 Å². The van der Waals surface area contributed by atoms with Crippen molar-refractivity contribution in [1.29, 1.82) is 0 Å². The van der Waals surface area contributed by atoms with Gasteiger partial charge in [-0.1, -0.05) is 305 Å². The largest absolute Gasteiger partial charge is 0.0850 e. The first-order valence-electron chi connectivity index (χ1n) is 39.6. The Morgan fingerprint density at radius 1 is 0.173 bits per heavy atom. The second-order valence-electron chi connectivity index (χ2n) is 33.3. The van der Waals surface area contributed by atoms with Crippen molar-refractivity contribution in [2.75, 3.05) is 0 Å². The number of hydrogen-bond acceptors (Lipinski definition) is 0. The first-order chi connectivity index (χ1) is 40.2. The van der Waals surface area contributed by atoms with E-state index in [1.165, 1.54) is 264 Å². The van der Waals surface area contributed by atoms with Crippen molar-refractivity contribution in [1.82, 2.24) is 0 Å². The minimum atomic E-state index is 1.06. The van der Waals surface area contributed by atoms with E-state index in [1.54, 1.807) is 198 Å². The Hall–Kier alpha value is -0.520. The van der Waals surface area contributed by atoms with Crippen molar-refractivity contribution < 1.29 is 0 Å². The normalized spacial score (nSPS) is 42.0. The molecule has 20 aliphatic carbocycles. The lowest BCUT2D eigenvalue weighted by molar-refractivity contribution is 0.115. The molecular formula is C81H138. The zero-order valence-electron chi connectivity index (χ0n) is 54.3. The van der Waals surface area contributed by atoms with E-state index in [4.69, 9.17) is 0 Å². The maximum absolute atomic E-state index is 2.42. The number of allylic oxidation sites excluding steroid dienone is 4. The zero-order chi connectivity index (χ0) is 54.7. The molecule has 13 atom stereocenters. The van der Waals surface area contributed by atoms with Gasteiger partial charge in [0.1, 0.15) is 0 Å². The van der Waals surface area contributed by atoms with Crippen LogP contribution in [0.3, 0.4) is 0 Å². The number of rotatable bonds is 0. The van der Waals surface area contributed by atoms with Crippen molar-refractivity contribution in [3.63, 3.8) is 0 Å². The fraction of sp³-hybridized carbons (Fsp3) is 0.951. The summed E-state index contributed by atoms with van der Waals surface area (Å²) in [5.74, 6) is 19.9. The summed E-state index contributed by atoms with van der Waals surface area (Å²) in [4.78, 5) is 0. The van der Waals surface area contributed by atoms with Crippen molar-refractivity contribution in [3.8, 4) is 0 Å². The minimum Gasteiger partial charge on any atom is -0.0850 e. The van der Waals surface area contributed by atoms with E-state index >= 15 is 0 Å². The van der Waals surface area contributed by atoms with Crippen LogP contribution in [0.15, 0.2) is 22.8 Å². The number of fused-ring (bicyclic) bond motifs is 9. The van der Waals surface area contributed by atoms with Crippen molar-refractivity contribution in [2.24, 2.45) is 101 Å². The Morgan fingerprint density at radius 2 is 0.395 bits per heavy atom. The monoisotopic (exact) mass is 1110 g/mol. The van der Waals surface area contributed by atoms with Gasteiger partial charge in [0.05, 0.1) is 0 Å². The van der Waals surface area contributed by atoms with Gasteiger partial charge in [-0.25, -0.2) is 0 Å². The van der Waals surface area contributed by atoms with Crippen LogP contribution >= 0.6 is 0 Å². The summed E-state index contributed by atoms with van der Waals surface area (Å²) in [6.45, 7) is 0. The van der Waals surface area contributed by atoms with Gasteiger partial charge in [-0.05, 0) is 203 Å². The van der Waals surface area contributed by atoms with Gasteiger partial charge < -0.3 is 0 Å². The molecule has 0 aromatic heterocycles. The molecule has 0 aliphatic heterocycles. The second kappa shape index (κ2) is 33.7.